The van der Waals surface area contributed by atoms with Crippen LogP contribution in [0.5, 0.6) is 0 Å². The van der Waals surface area contributed by atoms with Gasteiger partial charge in [-0.2, -0.15) is 0 Å². The Kier molecular flexibility index (Phi) is 4.53. The van der Waals surface area contributed by atoms with Gasteiger partial charge in [-0.15, -0.1) is 0 Å². The molecule has 17 heavy (non-hydrogen) atoms. The number of hydrogen-bond acceptors (Lipinski definition) is 4. The standard InChI is InChI=1S/C11H12F2O4/c1-2-17-11(16)10(15)7-4-9(13)8(12)3-6(7)5-14/h3-4,10,14-15H,2,5H2,1H3. The van der Waals surface area contributed by atoms with Gasteiger partial charge in [0.2, 0.25) is 0 Å². The second-order valence-electron chi connectivity index (χ2n) is 3.28. The van der Waals surface area contributed by atoms with Crippen molar-refractivity contribution < 1.29 is 28.5 Å². The van der Waals surface area contributed by atoms with E-state index in [2.05, 4.69) is 4.74 Å². The smallest absolute Gasteiger partial charge is 0.339 e. The van der Waals surface area contributed by atoms with Crippen molar-refractivity contribution in [3.8, 4) is 0 Å². The van der Waals surface area contributed by atoms with Gasteiger partial charge >= 0.3 is 5.97 Å². The largest absolute Gasteiger partial charge is 0.464 e. The fraction of sp³-hybridized carbons (Fsp3) is 0.364. The fourth-order valence-electron chi connectivity index (χ4n) is 1.34. The predicted molar refractivity (Wildman–Crippen MR) is 53.9 cm³/mol. The van der Waals surface area contributed by atoms with E-state index in [4.69, 9.17) is 5.11 Å². The van der Waals surface area contributed by atoms with Gasteiger partial charge < -0.3 is 14.9 Å². The quantitative estimate of drug-likeness (QED) is 0.779. The summed E-state index contributed by atoms with van der Waals surface area (Å²) in [4.78, 5) is 11.2. The molecule has 94 valence electrons. The molecular formula is C11H12F2O4. The Morgan fingerprint density at radius 1 is 1.41 bits per heavy atom. The van der Waals surface area contributed by atoms with E-state index in [0.29, 0.717) is 6.07 Å². The molecule has 0 radical (unpaired) electrons. The van der Waals surface area contributed by atoms with E-state index in [1.807, 2.05) is 0 Å². The Balaban J connectivity index is 3.11. The van der Waals surface area contributed by atoms with Crippen LogP contribution in [0.3, 0.4) is 0 Å². The van der Waals surface area contributed by atoms with E-state index in [0.717, 1.165) is 6.07 Å². The Morgan fingerprint density at radius 3 is 2.53 bits per heavy atom. The molecule has 0 aromatic heterocycles. The minimum atomic E-state index is -1.74. The highest BCUT2D eigenvalue weighted by Gasteiger charge is 2.23. The van der Waals surface area contributed by atoms with Crippen LogP contribution in [-0.4, -0.2) is 22.8 Å². The summed E-state index contributed by atoms with van der Waals surface area (Å²) >= 11 is 0. The van der Waals surface area contributed by atoms with Gasteiger partial charge in [0.1, 0.15) is 0 Å². The molecule has 1 atom stereocenters. The van der Waals surface area contributed by atoms with Gasteiger partial charge in [0.15, 0.2) is 17.7 Å². The van der Waals surface area contributed by atoms with Crippen molar-refractivity contribution >= 4 is 5.97 Å². The molecule has 0 heterocycles. The average molecular weight is 246 g/mol. The van der Waals surface area contributed by atoms with Crippen LogP contribution in [0.15, 0.2) is 12.1 Å². The molecule has 2 N–H and O–H groups in total. The molecule has 0 saturated heterocycles. The highest BCUT2D eigenvalue weighted by molar-refractivity contribution is 5.76. The van der Waals surface area contributed by atoms with Crippen LogP contribution in [0.2, 0.25) is 0 Å². The Bertz CT molecular complexity index is 420. The zero-order valence-corrected chi connectivity index (χ0v) is 9.11. The molecule has 1 aromatic carbocycles. The number of rotatable bonds is 4. The number of benzene rings is 1. The maximum absolute atomic E-state index is 13.0. The van der Waals surface area contributed by atoms with E-state index in [9.17, 15) is 18.7 Å². The fourth-order valence-corrected chi connectivity index (χ4v) is 1.34. The molecule has 0 bridgehead atoms. The van der Waals surface area contributed by atoms with E-state index < -0.39 is 30.3 Å². The van der Waals surface area contributed by atoms with Gasteiger partial charge in [0.25, 0.3) is 0 Å². The zero-order chi connectivity index (χ0) is 13.0. The first-order valence-corrected chi connectivity index (χ1v) is 4.94. The molecule has 0 aliphatic heterocycles. The third-order valence-corrected chi connectivity index (χ3v) is 2.16. The number of aliphatic hydroxyl groups excluding tert-OH is 2. The lowest BCUT2D eigenvalue weighted by Crippen LogP contribution is -2.17. The van der Waals surface area contributed by atoms with E-state index in [1.165, 1.54) is 0 Å². The van der Waals surface area contributed by atoms with Crippen LogP contribution >= 0.6 is 0 Å². The molecule has 0 amide bonds. The summed E-state index contributed by atoms with van der Waals surface area (Å²) in [6, 6.07) is 1.40. The molecule has 0 aliphatic carbocycles. The lowest BCUT2D eigenvalue weighted by molar-refractivity contribution is -0.153. The van der Waals surface area contributed by atoms with Crippen LogP contribution in [0.25, 0.3) is 0 Å². The van der Waals surface area contributed by atoms with Crippen LogP contribution in [0.1, 0.15) is 24.2 Å². The van der Waals surface area contributed by atoms with Crippen molar-refractivity contribution in [2.24, 2.45) is 0 Å². The average Bonchev–Trinajstić information content (AvgIpc) is 2.31. The molecule has 0 spiro atoms. The first kappa shape index (κ1) is 13.5. The Hall–Kier alpha value is -1.53. The molecular weight excluding hydrogens is 234 g/mol. The maximum atomic E-state index is 13.0. The van der Waals surface area contributed by atoms with Gasteiger partial charge in [0, 0.05) is 5.56 Å². The van der Waals surface area contributed by atoms with E-state index in [1.54, 1.807) is 6.92 Å². The van der Waals surface area contributed by atoms with Crippen molar-refractivity contribution in [2.75, 3.05) is 6.61 Å². The second kappa shape index (κ2) is 5.70. The van der Waals surface area contributed by atoms with Crippen molar-refractivity contribution in [1.29, 1.82) is 0 Å². The topological polar surface area (TPSA) is 66.8 Å². The molecule has 0 saturated carbocycles. The number of aliphatic hydroxyl groups is 2. The van der Waals surface area contributed by atoms with E-state index >= 15 is 0 Å². The number of ether oxygens (including phenoxy) is 1. The minimum Gasteiger partial charge on any atom is -0.464 e. The van der Waals surface area contributed by atoms with Gasteiger partial charge in [-0.25, -0.2) is 13.6 Å². The van der Waals surface area contributed by atoms with Crippen LogP contribution in [0, 0.1) is 11.6 Å². The third kappa shape index (κ3) is 2.98. The lowest BCUT2D eigenvalue weighted by atomic mass is 10.0. The highest BCUT2D eigenvalue weighted by Crippen LogP contribution is 2.22. The zero-order valence-electron chi connectivity index (χ0n) is 9.11. The second-order valence-corrected chi connectivity index (χ2v) is 3.28. The lowest BCUT2D eigenvalue weighted by Gasteiger charge is -2.13. The molecule has 1 unspecified atom stereocenters. The maximum Gasteiger partial charge on any atom is 0.339 e. The summed E-state index contributed by atoms with van der Waals surface area (Å²) in [6.07, 6.45) is -1.74. The van der Waals surface area contributed by atoms with Gasteiger partial charge in [-0.3, -0.25) is 0 Å². The molecule has 0 fully saturated rings. The van der Waals surface area contributed by atoms with Crippen molar-refractivity contribution in [1.82, 2.24) is 0 Å². The normalized spacial score (nSPS) is 12.3. The molecule has 1 aromatic rings. The van der Waals surface area contributed by atoms with Crippen molar-refractivity contribution in [3.63, 3.8) is 0 Å². The first-order valence-electron chi connectivity index (χ1n) is 4.94. The summed E-state index contributed by atoms with van der Waals surface area (Å²) in [5.41, 5.74) is -0.269. The predicted octanol–water partition coefficient (Wildman–Crippen LogP) is 1.05. The first-order chi connectivity index (χ1) is 8.01. The Labute approximate surface area is 96.5 Å². The Morgan fingerprint density at radius 2 is 2.00 bits per heavy atom. The number of esters is 1. The summed E-state index contributed by atoms with van der Waals surface area (Å²) in [7, 11) is 0. The van der Waals surface area contributed by atoms with E-state index in [-0.39, 0.29) is 17.7 Å². The summed E-state index contributed by atoms with van der Waals surface area (Å²) < 4.78 is 30.4. The SMILES string of the molecule is CCOC(=O)C(O)c1cc(F)c(F)cc1CO. The van der Waals surface area contributed by atoms with Crippen LogP contribution < -0.4 is 0 Å². The molecule has 4 nitrogen and oxygen atoms in total. The summed E-state index contributed by atoms with van der Waals surface area (Å²) in [5.74, 6) is -3.34. The highest BCUT2D eigenvalue weighted by atomic mass is 19.2. The van der Waals surface area contributed by atoms with Crippen LogP contribution in [-0.2, 0) is 16.1 Å². The third-order valence-electron chi connectivity index (χ3n) is 2.16. The van der Waals surface area contributed by atoms with Gasteiger partial charge in [-0.05, 0) is 24.6 Å². The van der Waals surface area contributed by atoms with Gasteiger partial charge in [-0.1, -0.05) is 0 Å². The van der Waals surface area contributed by atoms with Crippen molar-refractivity contribution in [2.45, 2.75) is 19.6 Å². The molecule has 0 aliphatic rings. The molecule has 1 rings (SSSR count). The number of carbonyl (C=O) groups is 1. The summed E-state index contributed by atoms with van der Waals surface area (Å²) in [5, 5.41) is 18.5. The van der Waals surface area contributed by atoms with Crippen molar-refractivity contribution in [3.05, 3.63) is 34.9 Å². The number of carbonyl (C=O) groups excluding carboxylic acids is 1. The monoisotopic (exact) mass is 246 g/mol. The minimum absolute atomic E-state index is 0.0496. The van der Waals surface area contributed by atoms with Crippen LogP contribution in [0.4, 0.5) is 8.78 Å². The van der Waals surface area contributed by atoms with Gasteiger partial charge in [0.05, 0.1) is 13.2 Å². The molecule has 6 heteroatoms. The number of halogens is 2. The summed E-state index contributed by atoms with van der Waals surface area (Å²) in [6.45, 7) is 0.972. The number of hydrogen-bond donors (Lipinski definition) is 2.